The number of carbonyl (C=O) groups excluding carboxylic acids is 1. The molecule has 130 valence electrons. The number of nitrogens with zero attached hydrogens (tertiary/aromatic N) is 1. The highest BCUT2D eigenvalue weighted by atomic mass is 32.1. The number of carbonyl (C=O) groups is 1. The number of aromatic nitrogens is 1. The number of amides is 2. The Morgan fingerprint density at radius 1 is 1.20 bits per heavy atom. The van der Waals surface area contributed by atoms with E-state index in [-0.39, 0.29) is 18.8 Å². The van der Waals surface area contributed by atoms with Crippen LogP contribution in [0.1, 0.15) is 18.1 Å². The quantitative estimate of drug-likeness (QED) is 0.559. The molecule has 0 saturated heterocycles. The number of hydrogen-bond acceptors (Lipinski definition) is 5. The van der Waals surface area contributed by atoms with E-state index in [0.717, 1.165) is 4.70 Å². The first kappa shape index (κ1) is 17.3. The number of anilines is 2. The summed E-state index contributed by atoms with van der Waals surface area (Å²) in [5.74, 6) is -0.378. The summed E-state index contributed by atoms with van der Waals surface area (Å²) in [6, 6.07) is 10.2. The van der Waals surface area contributed by atoms with Crippen molar-refractivity contribution in [2.24, 2.45) is 0 Å². The number of thiazole rings is 1. The summed E-state index contributed by atoms with van der Waals surface area (Å²) < 4.78 is 13.7. The lowest BCUT2D eigenvalue weighted by Crippen LogP contribution is -2.19. The minimum atomic E-state index is -0.741. The number of rotatable bonds is 5. The Kier molecular flexibility index (Phi) is 5.22. The minimum Gasteiger partial charge on any atom is -0.396 e. The Balaban J connectivity index is 1.70. The zero-order chi connectivity index (χ0) is 17.8. The first-order valence-electron chi connectivity index (χ1n) is 7.58. The molecule has 8 heteroatoms. The van der Waals surface area contributed by atoms with Gasteiger partial charge in [-0.2, -0.15) is 0 Å². The molecule has 1 heterocycles. The molecule has 0 aliphatic rings. The first-order chi connectivity index (χ1) is 12.0. The van der Waals surface area contributed by atoms with Gasteiger partial charge in [0.15, 0.2) is 5.13 Å². The highest BCUT2D eigenvalue weighted by Crippen LogP contribution is 2.29. The van der Waals surface area contributed by atoms with Gasteiger partial charge in [-0.25, -0.2) is 14.2 Å². The molecule has 0 aliphatic heterocycles. The van der Waals surface area contributed by atoms with E-state index in [0.29, 0.717) is 21.9 Å². The van der Waals surface area contributed by atoms with Crippen molar-refractivity contribution >= 4 is 38.4 Å². The molecule has 0 bridgehead atoms. The second-order valence-corrected chi connectivity index (χ2v) is 6.39. The van der Waals surface area contributed by atoms with E-state index in [4.69, 9.17) is 5.11 Å². The van der Waals surface area contributed by atoms with Gasteiger partial charge in [-0.05, 0) is 42.0 Å². The molecule has 1 unspecified atom stereocenters. The molecule has 2 amide bonds. The van der Waals surface area contributed by atoms with Gasteiger partial charge in [0.1, 0.15) is 5.82 Å². The van der Waals surface area contributed by atoms with Gasteiger partial charge >= 0.3 is 6.03 Å². The molecule has 25 heavy (non-hydrogen) atoms. The predicted octanol–water partition coefficient (Wildman–Crippen LogP) is 3.50. The van der Waals surface area contributed by atoms with Gasteiger partial charge in [-0.15, -0.1) is 0 Å². The SMILES string of the molecule is O=C(Nc1ccc(F)cc1)Nc1nc2ccc(C(O)CCO)cc2s1. The number of aliphatic hydroxyl groups excluding tert-OH is 2. The second kappa shape index (κ2) is 7.56. The Hall–Kier alpha value is -2.55. The van der Waals surface area contributed by atoms with Gasteiger partial charge in [0.2, 0.25) is 0 Å². The molecular formula is C17H16FN3O3S. The minimum absolute atomic E-state index is 0.0990. The summed E-state index contributed by atoms with van der Waals surface area (Å²) in [7, 11) is 0. The Morgan fingerprint density at radius 3 is 2.68 bits per heavy atom. The number of nitrogens with one attached hydrogen (secondary N) is 2. The van der Waals surface area contributed by atoms with Crippen LogP contribution in [0.5, 0.6) is 0 Å². The Labute approximate surface area is 147 Å². The normalized spacial score (nSPS) is 12.1. The van der Waals surface area contributed by atoms with Crippen LogP contribution in [0, 0.1) is 5.82 Å². The number of benzene rings is 2. The zero-order valence-electron chi connectivity index (χ0n) is 13.1. The fourth-order valence-corrected chi connectivity index (χ4v) is 3.19. The summed E-state index contributed by atoms with van der Waals surface area (Å²) in [6.45, 7) is -0.0990. The summed E-state index contributed by atoms with van der Waals surface area (Å²) in [4.78, 5) is 16.3. The standard InChI is InChI=1S/C17H16FN3O3S/c18-11-2-4-12(5-3-11)19-16(24)21-17-20-13-6-1-10(9-15(13)25-17)14(23)7-8-22/h1-6,9,14,22-23H,7-8H2,(H2,19,20,21,24). The topological polar surface area (TPSA) is 94.5 Å². The lowest BCUT2D eigenvalue weighted by molar-refractivity contribution is 0.134. The van der Waals surface area contributed by atoms with Gasteiger partial charge in [-0.3, -0.25) is 5.32 Å². The molecule has 6 nitrogen and oxygen atoms in total. The van der Waals surface area contributed by atoms with E-state index in [1.165, 1.54) is 35.6 Å². The average Bonchev–Trinajstić information content (AvgIpc) is 2.98. The van der Waals surface area contributed by atoms with E-state index in [2.05, 4.69) is 15.6 Å². The zero-order valence-corrected chi connectivity index (χ0v) is 13.9. The summed E-state index contributed by atoms with van der Waals surface area (Å²) >= 11 is 1.27. The highest BCUT2D eigenvalue weighted by Gasteiger charge is 2.12. The number of fused-ring (bicyclic) bond motifs is 1. The van der Waals surface area contributed by atoms with Crippen LogP contribution in [0.4, 0.5) is 20.0 Å². The van der Waals surface area contributed by atoms with Crippen LogP contribution in [-0.2, 0) is 0 Å². The van der Waals surface area contributed by atoms with Crippen molar-refractivity contribution in [3.63, 3.8) is 0 Å². The lowest BCUT2D eigenvalue weighted by atomic mass is 10.1. The maximum atomic E-state index is 12.9. The second-order valence-electron chi connectivity index (χ2n) is 5.36. The molecule has 3 rings (SSSR count). The predicted molar refractivity (Wildman–Crippen MR) is 95.3 cm³/mol. The van der Waals surface area contributed by atoms with Crippen molar-refractivity contribution < 1.29 is 19.4 Å². The van der Waals surface area contributed by atoms with Crippen LogP contribution in [-0.4, -0.2) is 27.8 Å². The smallest absolute Gasteiger partial charge is 0.325 e. The van der Waals surface area contributed by atoms with Crippen LogP contribution in [0.2, 0.25) is 0 Å². The largest absolute Gasteiger partial charge is 0.396 e. The third-order valence-electron chi connectivity index (χ3n) is 3.52. The maximum Gasteiger partial charge on any atom is 0.325 e. The van der Waals surface area contributed by atoms with Gasteiger partial charge < -0.3 is 15.5 Å². The third-order valence-corrected chi connectivity index (χ3v) is 4.46. The molecule has 0 spiro atoms. The Bertz CT molecular complexity index is 882. The molecule has 4 N–H and O–H groups in total. The van der Waals surface area contributed by atoms with Crippen molar-refractivity contribution in [3.8, 4) is 0 Å². The number of hydrogen-bond donors (Lipinski definition) is 4. The third kappa shape index (κ3) is 4.30. The molecule has 0 aliphatic carbocycles. The number of urea groups is 1. The van der Waals surface area contributed by atoms with E-state index in [1.807, 2.05) is 0 Å². The van der Waals surface area contributed by atoms with Gasteiger partial charge in [0.25, 0.3) is 0 Å². The van der Waals surface area contributed by atoms with E-state index >= 15 is 0 Å². The number of halogens is 1. The monoisotopic (exact) mass is 361 g/mol. The number of aliphatic hydroxyl groups is 2. The highest BCUT2D eigenvalue weighted by molar-refractivity contribution is 7.22. The molecule has 1 aromatic heterocycles. The van der Waals surface area contributed by atoms with Crippen molar-refractivity contribution in [1.29, 1.82) is 0 Å². The average molecular weight is 361 g/mol. The fraction of sp³-hybridized carbons (Fsp3) is 0.176. The van der Waals surface area contributed by atoms with Crippen LogP contribution >= 0.6 is 11.3 Å². The fourth-order valence-electron chi connectivity index (χ4n) is 2.28. The van der Waals surface area contributed by atoms with Gasteiger partial charge in [0.05, 0.1) is 16.3 Å². The van der Waals surface area contributed by atoms with Crippen LogP contribution < -0.4 is 10.6 Å². The maximum absolute atomic E-state index is 12.9. The lowest BCUT2D eigenvalue weighted by Gasteiger charge is -2.08. The summed E-state index contributed by atoms with van der Waals surface area (Å²) in [5, 5.41) is 24.5. The molecule has 2 aromatic carbocycles. The van der Waals surface area contributed by atoms with Gasteiger partial charge in [0, 0.05) is 18.7 Å². The van der Waals surface area contributed by atoms with E-state index < -0.39 is 12.1 Å². The van der Waals surface area contributed by atoms with Crippen LogP contribution in [0.25, 0.3) is 10.2 Å². The first-order valence-corrected chi connectivity index (χ1v) is 8.40. The van der Waals surface area contributed by atoms with Crippen molar-refractivity contribution in [3.05, 3.63) is 53.8 Å². The van der Waals surface area contributed by atoms with Gasteiger partial charge in [-0.1, -0.05) is 17.4 Å². The van der Waals surface area contributed by atoms with Crippen molar-refractivity contribution in [2.75, 3.05) is 17.2 Å². The van der Waals surface area contributed by atoms with E-state index in [1.54, 1.807) is 18.2 Å². The van der Waals surface area contributed by atoms with E-state index in [9.17, 15) is 14.3 Å². The molecule has 0 fully saturated rings. The van der Waals surface area contributed by atoms with Crippen LogP contribution in [0.15, 0.2) is 42.5 Å². The Morgan fingerprint density at radius 2 is 1.96 bits per heavy atom. The molecule has 0 saturated carbocycles. The summed E-state index contributed by atoms with van der Waals surface area (Å²) in [5.41, 5.74) is 1.85. The molecule has 0 radical (unpaired) electrons. The van der Waals surface area contributed by atoms with Crippen LogP contribution in [0.3, 0.4) is 0 Å². The van der Waals surface area contributed by atoms with Crippen molar-refractivity contribution in [2.45, 2.75) is 12.5 Å². The molecule has 1 atom stereocenters. The summed E-state index contributed by atoms with van der Waals surface area (Å²) in [6.07, 6.45) is -0.482. The molecular weight excluding hydrogens is 345 g/mol. The molecule has 3 aromatic rings. The van der Waals surface area contributed by atoms with Crippen molar-refractivity contribution in [1.82, 2.24) is 4.98 Å².